The maximum Gasteiger partial charge on any atom is 0.335 e. The number of hydrogen-bond acceptors (Lipinski definition) is 7. The normalized spacial score (nSPS) is 26.8. The van der Waals surface area contributed by atoms with Crippen molar-refractivity contribution in [3.63, 3.8) is 0 Å². The zero-order valence-electron chi connectivity index (χ0n) is 23.9. The van der Waals surface area contributed by atoms with Crippen molar-refractivity contribution in [2.75, 3.05) is 9.80 Å². The number of carbonyl (C=O) groups is 6. The van der Waals surface area contributed by atoms with Crippen LogP contribution in [-0.2, 0) is 19.2 Å². The number of rotatable bonds is 5. The third-order valence-corrected chi connectivity index (χ3v) is 10.2. The number of anilines is 2. The van der Waals surface area contributed by atoms with E-state index in [4.69, 9.17) is 0 Å². The van der Waals surface area contributed by atoms with E-state index in [9.17, 15) is 44.1 Å². The largest absolute Gasteiger partial charge is 0.508 e. The fourth-order valence-electron chi connectivity index (χ4n) is 7.78. The van der Waals surface area contributed by atoms with Gasteiger partial charge in [-0.1, -0.05) is 39.7 Å². The third kappa shape index (κ3) is 4.38. The van der Waals surface area contributed by atoms with Crippen LogP contribution in [0.2, 0.25) is 0 Å². The summed E-state index contributed by atoms with van der Waals surface area (Å²) in [5, 5.41) is 30.1. The lowest BCUT2D eigenvalue weighted by atomic mass is 9.57. The molecule has 12 heteroatoms. The van der Waals surface area contributed by atoms with E-state index in [1.54, 1.807) is 12.1 Å². The molecule has 1 saturated carbocycles. The highest BCUT2D eigenvalue weighted by molar-refractivity contribution is 9.10. The number of aromatic hydroxyl groups is 1. The van der Waals surface area contributed by atoms with E-state index < -0.39 is 71.1 Å². The third-order valence-electron chi connectivity index (χ3n) is 9.68. The summed E-state index contributed by atoms with van der Waals surface area (Å²) in [5.41, 5.74) is 1.10. The highest BCUT2D eigenvalue weighted by Gasteiger charge is 2.62. The van der Waals surface area contributed by atoms with Crippen LogP contribution in [0.25, 0.3) is 0 Å². The van der Waals surface area contributed by atoms with Gasteiger partial charge in [0.25, 0.3) is 0 Å². The molecule has 7 rings (SSSR count). The molecule has 4 aliphatic rings. The molecule has 6 unspecified atom stereocenters. The number of phenols is 1. The molecule has 3 aromatic carbocycles. The molecule has 0 radical (unpaired) electrons. The Morgan fingerprint density at radius 1 is 0.696 bits per heavy atom. The van der Waals surface area contributed by atoms with Gasteiger partial charge in [-0.2, -0.15) is 0 Å². The van der Waals surface area contributed by atoms with Crippen molar-refractivity contribution in [3.8, 4) is 5.75 Å². The summed E-state index contributed by atoms with van der Waals surface area (Å²) >= 11 is 3.44. The number of halogens is 1. The van der Waals surface area contributed by atoms with Gasteiger partial charge in [0.15, 0.2) is 0 Å². The Kier molecular flexibility index (Phi) is 6.93. The monoisotopic (exact) mass is 684 g/mol. The van der Waals surface area contributed by atoms with Crippen LogP contribution in [0.1, 0.15) is 45.0 Å². The molecule has 0 spiro atoms. The van der Waals surface area contributed by atoms with E-state index >= 15 is 0 Å². The number of carbonyl (C=O) groups excluding carboxylic acids is 4. The Morgan fingerprint density at radius 2 is 1.26 bits per heavy atom. The molecule has 2 aliphatic heterocycles. The van der Waals surface area contributed by atoms with Crippen LogP contribution in [0.3, 0.4) is 0 Å². The van der Waals surface area contributed by atoms with Gasteiger partial charge >= 0.3 is 11.9 Å². The van der Waals surface area contributed by atoms with Crippen molar-refractivity contribution in [3.05, 3.63) is 99.5 Å². The smallest absolute Gasteiger partial charge is 0.335 e. The standard InChI is InChI=1S/C34H25BrN2O9/c35-17-7-10-25(38)23(13-17)26-20-8-9-21-27(31(41)36(29(21)39)18-5-1-3-15(11-18)33(43)44)22(20)14-24-28(26)32(42)37(30(24)40)19-6-2-4-16(12-19)34(45)46/h1-8,10-13,21-22,24,26-28,38H,9,14H2,(H,43,44)(H,45,46). The van der Waals surface area contributed by atoms with Crippen LogP contribution in [0.15, 0.2) is 82.9 Å². The molecule has 6 atom stereocenters. The van der Waals surface area contributed by atoms with E-state index in [0.29, 0.717) is 15.6 Å². The molecule has 2 heterocycles. The molecule has 2 aliphatic carbocycles. The highest BCUT2D eigenvalue weighted by atomic mass is 79.9. The molecule has 11 nitrogen and oxygen atoms in total. The van der Waals surface area contributed by atoms with Crippen LogP contribution in [-0.4, -0.2) is 50.9 Å². The van der Waals surface area contributed by atoms with E-state index in [0.717, 1.165) is 9.80 Å². The maximum absolute atomic E-state index is 14.2. The number of amides is 4. The van der Waals surface area contributed by atoms with E-state index in [1.165, 1.54) is 54.6 Å². The number of carboxylic acids is 2. The molecule has 232 valence electrons. The van der Waals surface area contributed by atoms with Crippen molar-refractivity contribution in [2.45, 2.75) is 18.8 Å². The second-order valence-electron chi connectivity index (χ2n) is 12.0. The first kappa shape index (κ1) is 29.6. The predicted molar refractivity (Wildman–Crippen MR) is 165 cm³/mol. The molecule has 4 amide bonds. The van der Waals surface area contributed by atoms with Gasteiger partial charge in [-0.25, -0.2) is 9.59 Å². The number of phenolic OH excluding ortho intramolecular Hbond substituents is 1. The van der Waals surface area contributed by atoms with Gasteiger partial charge in [0.2, 0.25) is 23.6 Å². The lowest BCUT2D eigenvalue weighted by molar-refractivity contribution is -0.126. The van der Waals surface area contributed by atoms with Crippen LogP contribution >= 0.6 is 15.9 Å². The summed E-state index contributed by atoms with van der Waals surface area (Å²) in [6, 6.07) is 15.9. The fourth-order valence-corrected chi connectivity index (χ4v) is 8.15. The van der Waals surface area contributed by atoms with Gasteiger partial charge < -0.3 is 15.3 Å². The fraction of sp³-hybridized carbons (Fsp3) is 0.235. The molecular weight excluding hydrogens is 660 g/mol. The number of fused-ring (bicyclic) bond motifs is 4. The van der Waals surface area contributed by atoms with E-state index in [2.05, 4.69) is 15.9 Å². The van der Waals surface area contributed by atoms with Crippen molar-refractivity contribution >= 4 is 62.9 Å². The van der Waals surface area contributed by atoms with Gasteiger partial charge in [0.1, 0.15) is 5.75 Å². The SMILES string of the molecule is O=C(O)c1cccc(N2C(=O)C3CC=C4C(CC5C(=O)N(c6cccc(C(=O)O)c6)C(=O)C5C4c4cc(Br)ccc4O)C3C2=O)c1. The topological polar surface area (TPSA) is 170 Å². The van der Waals surface area contributed by atoms with Crippen molar-refractivity contribution in [1.82, 2.24) is 0 Å². The van der Waals surface area contributed by atoms with Gasteiger partial charge in [-0.05, 0) is 73.4 Å². The van der Waals surface area contributed by atoms with Crippen molar-refractivity contribution in [1.29, 1.82) is 0 Å². The second kappa shape index (κ2) is 10.8. The molecule has 3 aromatic rings. The Hall–Kier alpha value is -5.10. The average molecular weight is 685 g/mol. The first-order valence-electron chi connectivity index (χ1n) is 14.6. The molecule has 2 saturated heterocycles. The first-order chi connectivity index (χ1) is 22.0. The zero-order chi connectivity index (χ0) is 32.6. The zero-order valence-corrected chi connectivity index (χ0v) is 25.5. The summed E-state index contributed by atoms with van der Waals surface area (Å²) in [5.74, 6) is -9.65. The first-order valence-corrected chi connectivity index (χ1v) is 15.4. The minimum atomic E-state index is -1.22. The lowest BCUT2D eigenvalue weighted by Gasteiger charge is -2.44. The summed E-state index contributed by atoms with van der Waals surface area (Å²) in [4.78, 5) is 81.5. The van der Waals surface area contributed by atoms with E-state index in [1.807, 2.05) is 6.08 Å². The number of hydrogen-bond donors (Lipinski definition) is 3. The Balaban J connectivity index is 1.34. The number of imide groups is 2. The molecular formula is C34H25BrN2O9. The summed E-state index contributed by atoms with van der Waals surface area (Å²) in [6.07, 6.45) is 2.08. The second-order valence-corrected chi connectivity index (χ2v) is 12.9. The highest BCUT2D eigenvalue weighted by Crippen LogP contribution is 2.59. The van der Waals surface area contributed by atoms with Crippen LogP contribution < -0.4 is 9.80 Å². The number of allylic oxidation sites excluding steroid dienone is 2. The lowest BCUT2D eigenvalue weighted by Crippen LogP contribution is -2.43. The van der Waals surface area contributed by atoms with Crippen LogP contribution in [0.5, 0.6) is 5.75 Å². The molecule has 3 fully saturated rings. The minimum Gasteiger partial charge on any atom is -0.508 e. The van der Waals surface area contributed by atoms with Crippen molar-refractivity contribution < 1.29 is 44.1 Å². The van der Waals surface area contributed by atoms with Crippen LogP contribution in [0.4, 0.5) is 11.4 Å². The number of carboxylic acid groups (broad SMARTS) is 2. The Morgan fingerprint density at radius 3 is 1.85 bits per heavy atom. The van der Waals surface area contributed by atoms with Crippen molar-refractivity contribution in [2.24, 2.45) is 29.6 Å². The number of benzene rings is 3. The molecule has 0 aromatic heterocycles. The van der Waals surface area contributed by atoms with Gasteiger partial charge in [0, 0.05) is 16.0 Å². The minimum absolute atomic E-state index is 0.0741. The maximum atomic E-state index is 14.2. The van der Waals surface area contributed by atoms with Gasteiger partial charge in [-0.3, -0.25) is 29.0 Å². The average Bonchev–Trinajstić information content (AvgIpc) is 3.44. The Labute approximate surface area is 269 Å². The van der Waals surface area contributed by atoms with Crippen LogP contribution in [0, 0.1) is 29.6 Å². The summed E-state index contributed by atoms with van der Waals surface area (Å²) in [6.45, 7) is 0. The van der Waals surface area contributed by atoms with E-state index in [-0.39, 0.29) is 41.1 Å². The molecule has 3 N–H and O–H groups in total. The Bertz CT molecular complexity index is 1940. The van der Waals surface area contributed by atoms with Gasteiger partial charge in [-0.15, -0.1) is 0 Å². The summed E-state index contributed by atoms with van der Waals surface area (Å²) in [7, 11) is 0. The molecule has 0 bridgehead atoms. The predicted octanol–water partition coefficient (Wildman–Crippen LogP) is 4.60. The number of nitrogens with zero attached hydrogens (tertiary/aromatic N) is 2. The van der Waals surface area contributed by atoms with Gasteiger partial charge in [0.05, 0.1) is 46.2 Å². The molecule has 46 heavy (non-hydrogen) atoms. The quantitative estimate of drug-likeness (QED) is 0.257. The number of aromatic carboxylic acids is 2. The summed E-state index contributed by atoms with van der Waals surface area (Å²) < 4.78 is 0.618.